The van der Waals surface area contributed by atoms with Gasteiger partial charge in [0.1, 0.15) is 5.82 Å². The normalized spacial score (nSPS) is 10.7. The third kappa shape index (κ3) is 4.49. The van der Waals surface area contributed by atoms with Gasteiger partial charge in [-0.3, -0.25) is 4.79 Å². The molecular formula is C19H19FN4OS. The first-order chi connectivity index (χ1) is 12.5. The summed E-state index contributed by atoms with van der Waals surface area (Å²) in [5, 5.41) is 11.9. The van der Waals surface area contributed by atoms with E-state index in [0.717, 1.165) is 10.9 Å². The first kappa shape index (κ1) is 18.1. The molecule has 0 saturated carbocycles. The van der Waals surface area contributed by atoms with Gasteiger partial charge in [0.05, 0.1) is 6.54 Å². The fraction of sp³-hybridized carbons (Fsp3) is 0.211. The summed E-state index contributed by atoms with van der Waals surface area (Å²) in [5.41, 5.74) is 2.86. The van der Waals surface area contributed by atoms with Crippen LogP contribution >= 0.6 is 11.8 Å². The SMILES string of the molecule is Cc1ccc(CSc2nnc(CNC(=O)c3ccc(F)cc3)n2C)cc1. The highest BCUT2D eigenvalue weighted by atomic mass is 32.2. The summed E-state index contributed by atoms with van der Waals surface area (Å²) in [6.45, 7) is 2.32. The molecule has 0 bridgehead atoms. The molecule has 0 aliphatic carbocycles. The highest BCUT2D eigenvalue weighted by Gasteiger charge is 2.11. The van der Waals surface area contributed by atoms with Crippen LogP contribution in [0.4, 0.5) is 4.39 Å². The monoisotopic (exact) mass is 370 g/mol. The molecule has 3 aromatic rings. The van der Waals surface area contributed by atoms with E-state index in [0.29, 0.717) is 11.4 Å². The molecule has 5 nitrogen and oxygen atoms in total. The number of thioether (sulfide) groups is 1. The Kier molecular flexibility index (Phi) is 5.68. The number of halogens is 1. The van der Waals surface area contributed by atoms with Crippen LogP contribution in [0.15, 0.2) is 53.7 Å². The second kappa shape index (κ2) is 8.14. The van der Waals surface area contributed by atoms with Gasteiger partial charge in [-0.2, -0.15) is 0 Å². The van der Waals surface area contributed by atoms with E-state index in [9.17, 15) is 9.18 Å². The van der Waals surface area contributed by atoms with E-state index in [1.54, 1.807) is 11.8 Å². The number of hydrogen-bond donors (Lipinski definition) is 1. The molecule has 7 heteroatoms. The van der Waals surface area contributed by atoms with E-state index in [1.165, 1.54) is 35.4 Å². The fourth-order valence-corrected chi connectivity index (χ4v) is 3.21. The van der Waals surface area contributed by atoms with Gasteiger partial charge in [0.2, 0.25) is 0 Å². The number of aromatic nitrogens is 3. The first-order valence-corrected chi connectivity index (χ1v) is 9.12. The second-order valence-corrected chi connectivity index (χ2v) is 6.86. The maximum Gasteiger partial charge on any atom is 0.251 e. The molecule has 0 aliphatic rings. The van der Waals surface area contributed by atoms with Gasteiger partial charge in [0.25, 0.3) is 5.91 Å². The van der Waals surface area contributed by atoms with Gasteiger partial charge in [-0.05, 0) is 36.8 Å². The molecule has 26 heavy (non-hydrogen) atoms. The average molecular weight is 370 g/mol. The molecule has 1 heterocycles. The van der Waals surface area contributed by atoms with Crippen molar-refractivity contribution in [2.75, 3.05) is 0 Å². The second-order valence-electron chi connectivity index (χ2n) is 5.92. The lowest BCUT2D eigenvalue weighted by Gasteiger charge is -2.06. The van der Waals surface area contributed by atoms with Crippen LogP contribution < -0.4 is 5.32 Å². The molecule has 0 fully saturated rings. The van der Waals surface area contributed by atoms with Gasteiger partial charge in [0.15, 0.2) is 11.0 Å². The van der Waals surface area contributed by atoms with Crippen LogP contribution in [-0.2, 0) is 19.3 Å². The Bertz CT molecular complexity index is 891. The van der Waals surface area contributed by atoms with Gasteiger partial charge in [-0.15, -0.1) is 10.2 Å². The zero-order chi connectivity index (χ0) is 18.5. The molecule has 0 saturated heterocycles. The number of hydrogen-bond acceptors (Lipinski definition) is 4. The molecule has 1 aromatic heterocycles. The van der Waals surface area contributed by atoms with Crippen molar-refractivity contribution in [2.45, 2.75) is 24.4 Å². The summed E-state index contributed by atoms with van der Waals surface area (Å²) >= 11 is 1.59. The Balaban J connectivity index is 1.57. The van der Waals surface area contributed by atoms with Crippen molar-refractivity contribution in [3.8, 4) is 0 Å². The summed E-state index contributed by atoms with van der Waals surface area (Å²) in [4.78, 5) is 12.1. The van der Waals surface area contributed by atoms with Crippen molar-refractivity contribution in [1.82, 2.24) is 20.1 Å². The average Bonchev–Trinajstić information content (AvgIpc) is 3.00. The summed E-state index contributed by atoms with van der Waals surface area (Å²) in [6, 6.07) is 13.8. The number of rotatable bonds is 6. The predicted octanol–water partition coefficient (Wildman–Crippen LogP) is 3.48. The van der Waals surface area contributed by atoms with Crippen molar-refractivity contribution in [3.63, 3.8) is 0 Å². The lowest BCUT2D eigenvalue weighted by Crippen LogP contribution is -2.24. The van der Waals surface area contributed by atoms with Crippen molar-refractivity contribution >= 4 is 17.7 Å². The Morgan fingerprint density at radius 1 is 1.12 bits per heavy atom. The topological polar surface area (TPSA) is 59.8 Å². The number of carbonyl (C=O) groups excluding carboxylic acids is 1. The molecule has 0 aliphatic heterocycles. The molecule has 0 atom stereocenters. The van der Waals surface area contributed by atoms with Gasteiger partial charge >= 0.3 is 0 Å². The van der Waals surface area contributed by atoms with Gasteiger partial charge in [-0.25, -0.2) is 4.39 Å². The number of nitrogens with zero attached hydrogens (tertiary/aromatic N) is 3. The maximum absolute atomic E-state index is 12.9. The molecule has 134 valence electrons. The molecular weight excluding hydrogens is 351 g/mol. The Hall–Kier alpha value is -2.67. The lowest BCUT2D eigenvalue weighted by atomic mass is 10.2. The summed E-state index contributed by atoms with van der Waals surface area (Å²) in [7, 11) is 1.87. The Labute approximate surface area is 155 Å². The van der Waals surface area contributed by atoms with Crippen LogP contribution in [0.5, 0.6) is 0 Å². The molecule has 1 amide bonds. The molecule has 0 spiro atoms. The predicted molar refractivity (Wildman–Crippen MR) is 99.3 cm³/mol. The number of amides is 1. The van der Waals surface area contributed by atoms with E-state index in [1.807, 2.05) is 11.6 Å². The van der Waals surface area contributed by atoms with Crippen LogP contribution in [0.2, 0.25) is 0 Å². The van der Waals surface area contributed by atoms with Gasteiger partial charge in [0, 0.05) is 18.4 Å². The van der Waals surface area contributed by atoms with Crippen LogP contribution in [0.1, 0.15) is 27.3 Å². The van der Waals surface area contributed by atoms with Gasteiger partial charge < -0.3 is 9.88 Å². The highest BCUT2D eigenvalue weighted by molar-refractivity contribution is 7.98. The Morgan fingerprint density at radius 3 is 2.50 bits per heavy atom. The number of aryl methyl sites for hydroxylation is 1. The number of carbonyl (C=O) groups is 1. The molecule has 1 N–H and O–H groups in total. The minimum atomic E-state index is -0.370. The maximum atomic E-state index is 12.9. The third-order valence-electron chi connectivity index (χ3n) is 3.93. The number of benzene rings is 2. The standard InChI is InChI=1S/C19H19FN4OS/c1-13-3-5-14(6-4-13)12-26-19-23-22-17(24(19)2)11-21-18(25)15-7-9-16(20)10-8-15/h3-10H,11-12H2,1-2H3,(H,21,25). The molecule has 2 aromatic carbocycles. The van der Waals surface area contributed by atoms with Crippen LogP contribution in [0.3, 0.4) is 0 Å². The minimum absolute atomic E-state index is 0.255. The highest BCUT2D eigenvalue weighted by Crippen LogP contribution is 2.21. The zero-order valence-electron chi connectivity index (χ0n) is 14.6. The molecule has 3 rings (SSSR count). The summed E-state index contributed by atoms with van der Waals surface area (Å²) < 4.78 is 14.8. The van der Waals surface area contributed by atoms with E-state index in [2.05, 4.69) is 46.7 Å². The van der Waals surface area contributed by atoms with E-state index in [4.69, 9.17) is 0 Å². The minimum Gasteiger partial charge on any atom is -0.345 e. The van der Waals surface area contributed by atoms with Crippen molar-refractivity contribution in [1.29, 1.82) is 0 Å². The van der Waals surface area contributed by atoms with Crippen molar-refractivity contribution in [2.24, 2.45) is 7.05 Å². The number of nitrogens with one attached hydrogen (secondary N) is 1. The largest absolute Gasteiger partial charge is 0.345 e. The molecule has 0 unspecified atom stereocenters. The zero-order valence-corrected chi connectivity index (χ0v) is 15.4. The third-order valence-corrected chi connectivity index (χ3v) is 5.02. The smallest absolute Gasteiger partial charge is 0.251 e. The Morgan fingerprint density at radius 2 is 1.81 bits per heavy atom. The lowest BCUT2D eigenvalue weighted by molar-refractivity contribution is 0.0949. The van der Waals surface area contributed by atoms with Gasteiger partial charge in [-0.1, -0.05) is 41.6 Å². The summed E-state index contributed by atoms with van der Waals surface area (Å²) in [6.07, 6.45) is 0. The van der Waals surface area contributed by atoms with E-state index in [-0.39, 0.29) is 18.3 Å². The molecule has 0 radical (unpaired) electrons. The first-order valence-electron chi connectivity index (χ1n) is 8.13. The van der Waals surface area contributed by atoms with Crippen LogP contribution in [-0.4, -0.2) is 20.7 Å². The van der Waals surface area contributed by atoms with Crippen LogP contribution in [0, 0.1) is 12.7 Å². The van der Waals surface area contributed by atoms with E-state index >= 15 is 0 Å². The summed E-state index contributed by atoms with van der Waals surface area (Å²) in [5.74, 6) is 0.813. The quantitative estimate of drug-likeness (QED) is 0.675. The van der Waals surface area contributed by atoms with E-state index < -0.39 is 0 Å². The van der Waals surface area contributed by atoms with Crippen molar-refractivity contribution < 1.29 is 9.18 Å². The van der Waals surface area contributed by atoms with Crippen LogP contribution in [0.25, 0.3) is 0 Å². The fourth-order valence-electron chi connectivity index (χ4n) is 2.32. The van der Waals surface area contributed by atoms with Crippen molar-refractivity contribution in [3.05, 3.63) is 76.9 Å².